The van der Waals surface area contributed by atoms with Crippen molar-refractivity contribution in [3.63, 3.8) is 0 Å². The molecule has 2 heterocycles. The van der Waals surface area contributed by atoms with Crippen molar-refractivity contribution in [2.45, 2.75) is 37.4 Å². The van der Waals surface area contributed by atoms with Gasteiger partial charge in [0, 0.05) is 0 Å². The van der Waals surface area contributed by atoms with E-state index in [0.717, 1.165) is 19.8 Å². The fourth-order valence-electron chi connectivity index (χ4n) is 0.767. The average molecular weight is 284 g/mol. The Hall–Kier alpha value is -0.320. The summed E-state index contributed by atoms with van der Waals surface area (Å²) < 4.78 is 9.21. The van der Waals surface area contributed by atoms with Gasteiger partial charge in [-0.15, -0.1) is 0 Å². The van der Waals surface area contributed by atoms with E-state index in [1.54, 1.807) is 0 Å². The van der Waals surface area contributed by atoms with Gasteiger partial charge in [0.2, 0.25) is 0 Å². The van der Waals surface area contributed by atoms with Gasteiger partial charge < -0.3 is 40.1 Å². The van der Waals surface area contributed by atoms with Gasteiger partial charge >= 0.3 is 0 Å². The molecule has 2 aliphatic rings. The normalized spacial score (nSPS) is 25.7. The number of hydrogen-bond acceptors (Lipinski definition) is 8. The zero-order valence-electron chi connectivity index (χ0n) is 10.9. The van der Waals surface area contributed by atoms with Crippen LogP contribution in [0.15, 0.2) is 0 Å². The maximum Gasteiger partial charge on any atom is 0.111 e. The predicted octanol–water partition coefficient (Wildman–Crippen LogP) is -3.16. The van der Waals surface area contributed by atoms with Crippen LogP contribution in [-0.4, -0.2) is 94.2 Å². The van der Waals surface area contributed by atoms with E-state index in [1.807, 2.05) is 0 Å². The molecule has 2 saturated heterocycles. The van der Waals surface area contributed by atoms with E-state index in [2.05, 4.69) is 11.7 Å². The zero-order valence-corrected chi connectivity index (χ0v) is 10.9. The Morgan fingerprint density at radius 2 is 1.21 bits per heavy atom. The number of epoxide rings is 2. The number of hydrogen-bond donors (Lipinski definition) is 6. The summed E-state index contributed by atoms with van der Waals surface area (Å²) in [4.78, 5) is 0. The van der Waals surface area contributed by atoms with Gasteiger partial charge in [-0.3, -0.25) is 0 Å². The molecule has 0 saturated carbocycles. The van der Waals surface area contributed by atoms with Crippen LogP contribution >= 0.6 is 0 Å². The molecular weight excluding hydrogens is 260 g/mol. The van der Waals surface area contributed by atoms with Crippen LogP contribution < -0.4 is 0 Å². The van der Waals surface area contributed by atoms with Crippen molar-refractivity contribution in [3.8, 4) is 0 Å². The fraction of sp³-hybridized carbons (Fsp3) is 1.00. The minimum absolute atomic E-state index is 0.583. The summed E-state index contributed by atoms with van der Waals surface area (Å²) in [5.74, 6) is 0. The van der Waals surface area contributed by atoms with E-state index in [1.165, 1.54) is 0 Å². The van der Waals surface area contributed by atoms with Crippen molar-refractivity contribution in [2.75, 3.05) is 33.0 Å². The quantitative estimate of drug-likeness (QED) is 0.290. The molecule has 116 valence electrons. The van der Waals surface area contributed by atoms with Gasteiger partial charge in [0.05, 0.1) is 39.1 Å². The summed E-state index contributed by atoms with van der Waals surface area (Å²) in [6, 6.07) is 0. The van der Waals surface area contributed by atoms with E-state index < -0.39 is 37.6 Å². The highest BCUT2D eigenvalue weighted by Gasteiger charge is 2.29. The Labute approximate surface area is 111 Å². The first-order valence-corrected chi connectivity index (χ1v) is 6.07. The molecule has 0 aromatic heterocycles. The standard InChI is InChI=1S/C6H14O6.C3H6O.C2H4O/c7-1-3(9)5(11)6(12)4(10)2-8;1-3-2-4-3;1-2-3-1/h3-12H,1-2H2;3H,2H2,1H3;1-2H2. The van der Waals surface area contributed by atoms with Gasteiger partial charge in [0.25, 0.3) is 0 Å². The highest BCUT2D eigenvalue weighted by molar-refractivity contribution is 4.79. The molecular formula is C11H24O8. The topological polar surface area (TPSA) is 146 Å². The van der Waals surface area contributed by atoms with Crippen molar-refractivity contribution >= 4 is 0 Å². The average Bonchev–Trinajstić information content (AvgIpc) is 3.28. The SMILES string of the molecule is C1CO1.CC1CO1.OCC(O)C(O)C(O)C(O)CO. The first-order chi connectivity index (χ1) is 8.93. The molecule has 0 aromatic carbocycles. The van der Waals surface area contributed by atoms with Crippen LogP contribution in [0.3, 0.4) is 0 Å². The molecule has 0 bridgehead atoms. The highest BCUT2D eigenvalue weighted by atomic mass is 16.6. The van der Waals surface area contributed by atoms with Crippen molar-refractivity contribution in [1.82, 2.24) is 0 Å². The first kappa shape index (κ1) is 18.7. The molecule has 8 nitrogen and oxygen atoms in total. The highest BCUT2D eigenvalue weighted by Crippen LogP contribution is 2.04. The van der Waals surface area contributed by atoms with E-state index >= 15 is 0 Å². The third kappa shape index (κ3) is 11.2. The Morgan fingerprint density at radius 3 is 1.32 bits per heavy atom. The van der Waals surface area contributed by atoms with Crippen LogP contribution in [0.5, 0.6) is 0 Å². The fourth-order valence-corrected chi connectivity index (χ4v) is 0.767. The van der Waals surface area contributed by atoms with Gasteiger partial charge in [-0.05, 0) is 6.92 Å². The summed E-state index contributed by atoms with van der Waals surface area (Å²) in [5, 5.41) is 52.2. The van der Waals surface area contributed by atoms with Gasteiger partial charge in [-0.2, -0.15) is 0 Å². The van der Waals surface area contributed by atoms with Crippen LogP contribution in [0.2, 0.25) is 0 Å². The molecule has 8 heteroatoms. The van der Waals surface area contributed by atoms with Gasteiger partial charge in [-0.25, -0.2) is 0 Å². The molecule has 2 rings (SSSR count). The number of aliphatic hydroxyl groups excluding tert-OH is 6. The van der Waals surface area contributed by atoms with Gasteiger partial charge in [0.15, 0.2) is 0 Å². The Bertz CT molecular complexity index is 192. The maximum absolute atomic E-state index is 8.96. The van der Waals surface area contributed by atoms with Crippen molar-refractivity contribution in [2.24, 2.45) is 0 Å². The summed E-state index contributed by atoms with van der Waals surface area (Å²) in [6.45, 7) is 3.59. The molecule has 5 atom stereocenters. The van der Waals surface area contributed by atoms with Crippen molar-refractivity contribution in [1.29, 1.82) is 0 Å². The summed E-state index contributed by atoms with van der Waals surface area (Å²) in [7, 11) is 0. The third-order valence-electron chi connectivity index (χ3n) is 2.22. The Kier molecular flexibility index (Phi) is 10.3. The smallest absolute Gasteiger partial charge is 0.111 e. The number of aliphatic hydroxyl groups is 6. The minimum Gasteiger partial charge on any atom is -0.394 e. The molecule has 0 radical (unpaired) electrons. The van der Waals surface area contributed by atoms with Gasteiger partial charge in [-0.1, -0.05) is 0 Å². The lowest BCUT2D eigenvalue weighted by Crippen LogP contribution is -2.46. The Morgan fingerprint density at radius 1 is 0.947 bits per heavy atom. The second-order valence-corrected chi connectivity index (χ2v) is 4.24. The third-order valence-corrected chi connectivity index (χ3v) is 2.22. The van der Waals surface area contributed by atoms with E-state index in [4.69, 9.17) is 35.4 Å². The maximum atomic E-state index is 8.96. The zero-order chi connectivity index (χ0) is 14.8. The van der Waals surface area contributed by atoms with E-state index in [9.17, 15) is 0 Å². The largest absolute Gasteiger partial charge is 0.394 e. The second-order valence-electron chi connectivity index (χ2n) is 4.24. The molecule has 0 aliphatic carbocycles. The predicted molar refractivity (Wildman–Crippen MR) is 64.4 cm³/mol. The minimum atomic E-state index is -1.67. The number of rotatable bonds is 5. The lowest BCUT2D eigenvalue weighted by Gasteiger charge is -2.24. The summed E-state index contributed by atoms with van der Waals surface area (Å²) in [5.41, 5.74) is 0. The van der Waals surface area contributed by atoms with Crippen LogP contribution in [0, 0.1) is 0 Å². The van der Waals surface area contributed by atoms with Crippen LogP contribution in [0.25, 0.3) is 0 Å². The van der Waals surface area contributed by atoms with Crippen LogP contribution in [0.4, 0.5) is 0 Å². The van der Waals surface area contributed by atoms with Crippen molar-refractivity contribution < 1.29 is 40.1 Å². The Balaban J connectivity index is 0.000000365. The monoisotopic (exact) mass is 284 g/mol. The first-order valence-electron chi connectivity index (χ1n) is 6.07. The van der Waals surface area contributed by atoms with Crippen LogP contribution in [-0.2, 0) is 9.47 Å². The van der Waals surface area contributed by atoms with Crippen molar-refractivity contribution in [3.05, 3.63) is 0 Å². The number of ether oxygens (including phenoxy) is 2. The second kappa shape index (κ2) is 10.5. The molecule has 0 amide bonds. The molecule has 19 heavy (non-hydrogen) atoms. The van der Waals surface area contributed by atoms with E-state index in [-0.39, 0.29) is 0 Å². The molecule has 5 unspecified atom stereocenters. The summed E-state index contributed by atoms with van der Waals surface area (Å²) in [6.07, 6.45) is -5.81. The van der Waals surface area contributed by atoms with Crippen LogP contribution in [0.1, 0.15) is 6.92 Å². The lowest BCUT2D eigenvalue weighted by atomic mass is 10.0. The molecule has 6 N–H and O–H groups in total. The van der Waals surface area contributed by atoms with Gasteiger partial charge in [0.1, 0.15) is 24.4 Å². The van der Waals surface area contributed by atoms with E-state index in [0.29, 0.717) is 6.10 Å². The molecule has 2 aliphatic heterocycles. The molecule has 2 fully saturated rings. The molecule has 0 aromatic rings. The summed E-state index contributed by atoms with van der Waals surface area (Å²) >= 11 is 0. The lowest BCUT2D eigenvalue weighted by molar-refractivity contribution is -0.123. The molecule has 0 spiro atoms.